The summed E-state index contributed by atoms with van der Waals surface area (Å²) < 4.78 is 0. The molecule has 2 aliphatic carbocycles. The lowest BCUT2D eigenvalue weighted by Crippen LogP contribution is -2.16. The van der Waals surface area contributed by atoms with Crippen LogP contribution in [0.15, 0.2) is 18.3 Å². The van der Waals surface area contributed by atoms with Gasteiger partial charge < -0.3 is 10.6 Å². The Balaban J connectivity index is 1.61. The topological polar surface area (TPSA) is 54.0 Å². The van der Waals surface area contributed by atoms with Gasteiger partial charge in [-0.25, -0.2) is 4.98 Å². The number of rotatable bonds is 3. The molecular formula is C13H17N3O. The maximum absolute atomic E-state index is 12.0. The average Bonchev–Trinajstić information content (AvgIpc) is 2.85. The summed E-state index contributed by atoms with van der Waals surface area (Å²) in [6.45, 7) is 0. The van der Waals surface area contributed by atoms with E-state index in [1.165, 1.54) is 19.3 Å². The summed E-state index contributed by atoms with van der Waals surface area (Å²) >= 11 is 0. The van der Waals surface area contributed by atoms with Crippen molar-refractivity contribution in [1.29, 1.82) is 0 Å². The first-order chi connectivity index (χ1) is 8.29. The molecule has 2 unspecified atom stereocenters. The van der Waals surface area contributed by atoms with E-state index < -0.39 is 0 Å². The predicted octanol–water partition coefficient (Wildman–Crippen LogP) is 2.11. The van der Waals surface area contributed by atoms with Crippen LogP contribution in [0.4, 0.5) is 11.5 Å². The van der Waals surface area contributed by atoms with Gasteiger partial charge in [-0.2, -0.15) is 0 Å². The Morgan fingerprint density at radius 2 is 2.12 bits per heavy atom. The zero-order valence-electron chi connectivity index (χ0n) is 9.94. The first-order valence-electron chi connectivity index (χ1n) is 6.24. The minimum Gasteiger partial charge on any atom is -0.373 e. The quantitative estimate of drug-likeness (QED) is 0.837. The molecular weight excluding hydrogens is 214 g/mol. The van der Waals surface area contributed by atoms with Gasteiger partial charge in [-0.15, -0.1) is 0 Å². The molecule has 0 bridgehead atoms. The van der Waals surface area contributed by atoms with Gasteiger partial charge in [0.05, 0.1) is 11.9 Å². The van der Waals surface area contributed by atoms with Gasteiger partial charge in [0.15, 0.2) is 0 Å². The molecule has 2 saturated carbocycles. The van der Waals surface area contributed by atoms with Crippen LogP contribution >= 0.6 is 0 Å². The molecule has 2 atom stereocenters. The second kappa shape index (κ2) is 4.02. The van der Waals surface area contributed by atoms with Crippen molar-refractivity contribution in [2.24, 2.45) is 17.8 Å². The maximum Gasteiger partial charge on any atom is 0.228 e. The minimum absolute atomic E-state index is 0.179. The van der Waals surface area contributed by atoms with E-state index in [0.29, 0.717) is 11.8 Å². The Bertz CT molecular complexity index is 419. The third-order valence-electron chi connectivity index (χ3n) is 4.00. The summed E-state index contributed by atoms with van der Waals surface area (Å²) in [6.07, 6.45) is 5.47. The number of pyridine rings is 1. The Morgan fingerprint density at radius 1 is 1.35 bits per heavy atom. The third kappa shape index (κ3) is 1.88. The molecule has 90 valence electrons. The molecule has 0 saturated heterocycles. The number of nitrogens with zero attached hydrogens (tertiary/aromatic N) is 1. The Morgan fingerprint density at radius 3 is 2.71 bits per heavy atom. The number of nitrogens with one attached hydrogen (secondary N) is 2. The van der Waals surface area contributed by atoms with Crippen LogP contribution in [-0.4, -0.2) is 17.9 Å². The molecule has 17 heavy (non-hydrogen) atoms. The molecule has 2 fully saturated rings. The fraction of sp³-hybridized carbons (Fsp3) is 0.538. The van der Waals surface area contributed by atoms with E-state index >= 15 is 0 Å². The first-order valence-corrected chi connectivity index (χ1v) is 6.24. The second-order valence-electron chi connectivity index (χ2n) is 4.96. The van der Waals surface area contributed by atoms with Crippen molar-refractivity contribution in [3.05, 3.63) is 18.3 Å². The van der Waals surface area contributed by atoms with Gasteiger partial charge in [-0.05, 0) is 36.8 Å². The van der Waals surface area contributed by atoms with Crippen LogP contribution in [0.5, 0.6) is 0 Å². The number of aromatic nitrogens is 1. The van der Waals surface area contributed by atoms with Gasteiger partial charge in [0, 0.05) is 13.0 Å². The van der Waals surface area contributed by atoms with Crippen molar-refractivity contribution in [1.82, 2.24) is 4.98 Å². The Kier molecular flexibility index (Phi) is 2.50. The lowest BCUT2D eigenvalue weighted by Gasteiger charge is -2.06. The molecule has 0 aliphatic heterocycles. The van der Waals surface area contributed by atoms with Gasteiger partial charge in [0.2, 0.25) is 5.91 Å². The lowest BCUT2D eigenvalue weighted by atomic mass is 10.1. The van der Waals surface area contributed by atoms with E-state index in [2.05, 4.69) is 15.6 Å². The zero-order chi connectivity index (χ0) is 11.8. The second-order valence-corrected chi connectivity index (χ2v) is 4.96. The molecule has 0 spiro atoms. The highest BCUT2D eigenvalue weighted by molar-refractivity contribution is 5.94. The maximum atomic E-state index is 12.0. The summed E-state index contributed by atoms with van der Waals surface area (Å²) in [5, 5.41) is 5.91. The van der Waals surface area contributed by atoms with Crippen molar-refractivity contribution < 1.29 is 4.79 Å². The van der Waals surface area contributed by atoms with Crippen molar-refractivity contribution in [3.8, 4) is 0 Å². The summed E-state index contributed by atoms with van der Waals surface area (Å²) in [4.78, 5) is 16.2. The smallest absolute Gasteiger partial charge is 0.228 e. The van der Waals surface area contributed by atoms with Crippen molar-refractivity contribution in [2.75, 3.05) is 17.7 Å². The summed E-state index contributed by atoms with van der Waals surface area (Å²) in [5.41, 5.74) is 0.791. The SMILES string of the molecule is CNc1ccc(NC(=O)C2C3CCCC32)cn1. The van der Waals surface area contributed by atoms with Crippen LogP contribution < -0.4 is 10.6 Å². The molecule has 2 N–H and O–H groups in total. The van der Waals surface area contributed by atoms with Crippen molar-refractivity contribution in [3.63, 3.8) is 0 Å². The van der Waals surface area contributed by atoms with E-state index in [4.69, 9.17) is 0 Å². The van der Waals surface area contributed by atoms with E-state index in [1.807, 2.05) is 19.2 Å². The summed E-state index contributed by atoms with van der Waals surface area (Å²) in [5.74, 6) is 2.59. The van der Waals surface area contributed by atoms with Crippen LogP contribution in [0.25, 0.3) is 0 Å². The van der Waals surface area contributed by atoms with Gasteiger partial charge in [0.1, 0.15) is 5.82 Å². The van der Waals surface area contributed by atoms with Gasteiger partial charge in [-0.3, -0.25) is 4.79 Å². The lowest BCUT2D eigenvalue weighted by molar-refractivity contribution is -0.118. The van der Waals surface area contributed by atoms with Crippen molar-refractivity contribution in [2.45, 2.75) is 19.3 Å². The monoisotopic (exact) mass is 231 g/mol. The molecule has 0 radical (unpaired) electrons. The predicted molar refractivity (Wildman–Crippen MR) is 66.7 cm³/mol. The van der Waals surface area contributed by atoms with Gasteiger partial charge in [0.25, 0.3) is 0 Å². The van der Waals surface area contributed by atoms with Crippen LogP contribution in [0, 0.1) is 17.8 Å². The fourth-order valence-electron chi connectivity index (χ4n) is 3.05. The summed E-state index contributed by atoms with van der Waals surface area (Å²) in [7, 11) is 1.83. The van der Waals surface area contributed by atoms with E-state index in [-0.39, 0.29) is 11.8 Å². The highest BCUT2D eigenvalue weighted by Gasteiger charge is 2.56. The number of hydrogen-bond donors (Lipinski definition) is 2. The molecule has 3 rings (SSSR count). The number of amides is 1. The fourth-order valence-corrected chi connectivity index (χ4v) is 3.05. The average molecular weight is 231 g/mol. The highest BCUT2D eigenvalue weighted by Crippen LogP contribution is 2.57. The van der Waals surface area contributed by atoms with Crippen LogP contribution in [0.1, 0.15) is 19.3 Å². The molecule has 4 heteroatoms. The molecule has 1 aromatic rings. The zero-order valence-corrected chi connectivity index (χ0v) is 9.94. The van der Waals surface area contributed by atoms with E-state index in [9.17, 15) is 4.79 Å². The minimum atomic E-state index is 0.179. The Labute approximate surface area is 101 Å². The van der Waals surface area contributed by atoms with E-state index in [1.54, 1.807) is 6.20 Å². The molecule has 1 amide bonds. The largest absolute Gasteiger partial charge is 0.373 e. The van der Waals surface area contributed by atoms with Crippen molar-refractivity contribution >= 4 is 17.4 Å². The standard InChI is InChI=1S/C13H17N3O/c1-14-11-6-5-8(7-15-11)16-13(17)12-9-3-2-4-10(9)12/h5-7,9-10,12H,2-4H2,1H3,(H,14,15)(H,16,17). The van der Waals surface area contributed by atoms with E-state index in [0.717, 1.165) is 11.5 Å². The molecule has 0 aromatic carbocycles. The van der Waals surface area contributed by atoms with Gasteiger partial charge >= 0.3 is 0 Å². The van der Waals surface area contributed by atoms with Crippen LogP contribution in [0.3, 0.4) is 0 Å². The molecule has 1 heterocycles. The highest BCUT2D eigenvalue weighted by atomic mass is 16.2. The van der Waals surface area contributed by atoms with Gasteiger partial charge in [-0.1, -0.05) is 6.42 Å². The summed E-state index contributed by atoms with van der Waals surface area (Å²) in [6, 6.07) is 3.75. The normalized spacial score (nSPS) is 29.6. The third-order valence-corrected chi connectivity index (χ3v) is 4.00. The Hall–Kier alpha value is -1.58. The number of carbonyl (C=O) groups excluding carboxylic acids is 1. The number of carbonyl (C=O) groups is 1. The number of fused-ring (bicyclic) bond motifs is 1. The number of hydrogen-bond acceptors (Lipinski definition) is 3. The molecule has 1 aromatic heterocycles. The van der Waals surface area contributed by atoms with Crippen LogP contribution in [0.2, 0.25) is 0 Å². The molecule has 4 nitrogen and oxygen atoms in total. The molecule has 2 aliphatic rings. The van der Waals surface area contributed by atoms with Crippen LogP contribution in [-0.2, 0) is 4.79 Å². The first kappa shape index (κ1) is 10.6. The number of anilines is 2.